The molecule has 0 radical (unpaired) electrons. The highest BCUT2D eigenvalue weighted by molar-refractivity contribution is 7.16. The summed E-state index contributed by atoms with van der Waals surface area (Å²) in [7, 11) is 0. The number of benzene rings is 1. The number of halogens is 1. The molecule has 0 bridgehead atoms. The molecule has 0 saturated carbocycles. The van der Waals surface area contributed by atoms with Gasteiger partial charge in [0, 0.05) is 11.0 Å². The van der Waals surface area contributed by atoms with Crippen molar-refractivity contribution in [1.82, 2.24) is 14.6 Å². The molecule has 4 nitrogen and oxygen atoms in total. The van der Waals surface area contributed by atoms with Crippen LogP contribution in [0.4, 0.5) is 4.39 Å². The molecule has 112 valence electrons. The van der Waals surface area contributed by atoms with Gasteiger partial charge in [-0.2, -0.15) is 14.9 Å². The van der Waals surface area contributed by atoms with Gasteiger partial charge in [0.05, 0.1) is 0 Å². The molecule has 2 aromatic heterocycles. The molecular formula is C16H15FN4S. The first-order valence-electron chi connectivity index (χ1n) is 6.88. The topological polar surface area (TPSA) is 54.0 Å². The summed E-state index contributed by atoms with van der Waals surface area (Å²) in [6, 6.07) is 6.90. The van der Waals surface area contributed by atoms with Crippen LogP contribution in [0.2, 0.25) is 0 Å². The second kappa shape index (κ2) is 4.89. The molecule has 0 N–H and O–H groups in total. The van der Waals surface area contributed by atoms with Gasteiger partial charge in [0.1, 0.15) is 22.6 Å². The van der Waals surface area contributed by atoms with Gasteiger partial charge in [-0.15, -0.1) is 0 Å². The summed E-state index contributed by atoms with van der Waals surface area (Å²) in [6.07, 6.45) is 0. The van der Waals surface area contributed by atoms with Crippen LogP contribution in [0.1, 0.15) is 37.0 Å². The summed E-state index contributed by atoms with van der Waals surface area (Å²) >= 11 is 1.47. The summed E-state index contributed by atoms with van der Waals surface area (Å²) in [6.45, 7) is 7.91. The molecule has 0 spiro atoms. The average molecular weight is 314 g/mol. The van der Waals surface area contributed by atoms with E-state index in [1.54, 1.807) is 23.6 Å². The molecule has 0 aliphatic rings. The van der Waals surface area contributed by atoms with Crippen LogP contribution >= 0.6 is 11.3 Å². The fourth-order valence-corrected chi connectivity index (χ4v) is 3.10. The van der Waals surface area contributed by atoms with Crippen molar-refractivity contribution in [3.8, 4) is 17.3 Å². The molecule has 0 aliphatic carbocycles. The van der Waals surface area contributed by atoms with E-state index in [4.69, 9.17) is 0 Å². The molecule has 0 aliphatic heterocycles. The summed E-state index contributed by atoms with van der Waals surface area (Å²) in [5.41, 5.74) is 2.09. The van der Waals surface area contributed by atoms with Crippen molar-refractivity contribution in [2.24, 2.45) is 0 Å². The largest absolute Gasteiger partial charge is 0.216 e. The SMILES string of the molecule is Cc1cc(-c2nc3sc(C(C)(C)C)nn3c2C#N)ccc1F. The van der Waals surface area contributed by atoms with Gasteiger partial charge in [-0.3, -0.25) is 0 Å². The number of imidazole rings is 1. The lowest BCUT2D eigenvalue weighted by molar-refractivity contribution is 0.573. The van der Waals surface area contributed by atoms with Crippen LogP contribution in [-0.4, -0.2) is 14.6 Å². The number of rotatable bonds is 1. The Balaban J connectivity index is 2.21. The third-order valence-electron chi connectivity index (χ3n) is 3.38. The van der Waals surface area contributed by atoms with Crippen LogP contribution in [0, 0.1) is 24.1 Å². The second-order valence-corrected chi connectivity index (χ2v) is 7.19. The van der Waals surface area contributed by atoms with Gasteiger partial charge in [-0.1, -0.05) is 32.1 Å². The average Bonchev–Trinajstić information content (AvgIpc) is 2.98. The third kappa shape index (κ3) is 2.28. The summed E-state index contributed by atoms with van der Waals surface area (Å²) in [5, 5.41) is 14.9. The van der Waals surface area contributed by atoms with Crippen molar-refractivity contribution in [3.05, 3.63) is 40.3 Å². The Hall–Kier alpha value is -2.26. The van der Waals surface area contributed by atoms with Gasteiger partial charge in [0.25, 0.3) is 0 Å². The molecule has 0 amide bonds. The highest BCUT2D eigenvalue weighted by Gasteiger charge is 2.23. The molecule has 0 saturated heterocycles. The third-order valence-corrected chi connectivity index (χ3v) is 4.72. The maximum absolute atomic E-state index is 13.4. The molecule has 0 atom stereocenters. The number of fused-ring (bicyclic) bond motifs is 1. The molecule has 1 aromatic carbocycles. The number of nitrogens with zero attached hydrogens (tertiary/aromatic N) is 4. The van der Waals surface area contributed by atoms with E-state index in [0.29, 0.717) is 21.9 Å². The fraction of sp³-hybridized carbons (Fsp3) is 0.312. The molecule has 0 fully saturated rings. The van der Waals surface area contributed by atoms with Gasteiger partial charge < -0.3 is 0 Å². The Bertz CT molecular complexity index is 909. The van der Waals surface area contributed by atoms with E-state index >= 15 is 0 Å². The number of hydrogen-bond donors (Lipinski definition) is 0. The molecule has 0 unspecified atom stereocenters. The fourth-order valence-electron chi connectivity index (χ4n) is 2.15. The van der Waals surface area contributed by atoms with Crippen molar-refractivity contribution in [1.29, 1.82) is 5.26 Å². The van der Waals surface area contributed by atoms with Gasteiger partial charge in [0.15, 0.2) is 5.69 Å². The molecule has 3 aromatic rings. The van der Waals surface area contributed by atoms with E-state index in [0.717, 1.165) is 10.6 Å². The predicted octanol–water partition coefficient (Wildman–Crippen LogP) is 4.07. The maximum Gasteiger partial charge on any atom is 0.214 e. The Morgan fingerprint density at radius 3 is 2.64 bits per heavy atom. The van der Waals surface area contributed by atoms with E-state index in [-0.39, 0.29) is 11.2 Å². The lowest BCUT2D eigenvalue weighted by Gasteiger charge is -2.12. The highest BCUT2D eigenvalue weighted by atomic mass is 32.1. The smallest absolute Gasteiger partial charge is 0.214 e. The van der Waals surface area contributed by atoms with E-state index in [1.807, 2.05) is 0 Å². The van der Waals surface area contributed by atoms with Crippen molar-refractivity contribution in [3.63, 3.8) is 0 Å². The van der Waals surface area contributed by atoms with E-state index < -0.39 is 0 Å². The van der Waals surface area contributed by atoms with Crippen LogP contribution < -0.4 is 0 Å². The Kier molecular flexibility index (Phi) is 3.26. The summed E-state index contributed by atoms with van der Waals surface area (Å²) in [5.74, 6) is -0.267. The minimum Gasteiger partial charge on any atom is -0.216 e. The van der Waals surface area contributed by atoms with Crippen LogP contribution in [0.25, 0.3) is 16.2 Å². The Labute approximate surface area is 131 Å². The minimum atomic E-state index is -0.267. The monoisotopic (exact) mass is 314 g/mol. The van der Waals surface area contributed by atoms with Crippen LogP contribution in [0.3, 0.4) is 0 Å². The number of hydrogen-bond acceptors (Lipinski definition) is 4. The van der Waals surface area contributed by atoms with Crippen LogP contribution in [0.15, 0.2) is 18.2 Å². The molecule has 6 heteroatoms. The van der Waals surface area contributed by atoms with E-state index in [2.05, 4.69) is 36.9 Å². The van der Waals surface area contributed by atoms with Crippen LogP contribution in [-0.2, 0) is 5.41 Å². The normalized spacial score (nSPS) is 11.8. The zero-order valence-corrected chi connectivity index (χ0v) is 13.6. The first kappa shape index (κ1) is 14.7. The number of aryl methyl sites for hydroxylation is 1. The first-order chi connectivity index (χ1) is 10.3. The van der Waals surface area contributed by atoms with Crippen LogP contribution in [0.5, 0.6) is 0 Å². The summed E-state index contributed by atoms with van der Waals surface area (Å²) < 4.78 is 15.0. The molecule has 22 heavy (non-hydrogen) atoms. The lowest BCUT2D eigenvalue weighted by atomic mass is 9.98. The van der Waals surface area contributed by atoms with Gasteiger partial charge in [0.2, 0.25) is 4.96 Å². The quantitative estimate of drug-likeness (QED) is 0.680. The zero-order chi connectivity index (χ0) is 16.1. The van der Waals surface area contributed by atoms with Gasteiger partial charge in [-0.25, -0.2) is 9.37 Å². The highest BCUT2D eigenvalue weighted by Crippen LogP contribution is 2.31. The predicted molar refractivity (Wildman–Crippen MR) is 84.4 cm³/mol. The Morgan fingerprint density at radius 1 is 1.32 bits per heavy atom. The van der Waals surface area contributed by atoms with Crippen molar-refractivity contribution in [2.45, 2.75) is 33.1 Å². The first-order valence-corrected chi connectivity index (χ1v) is 7.69. The zero-order valence-electron chi connectivity index (χ0n) is 12.8. The number of nitriles is 1. The maximum atomic E-state index is 13.4. The molecule has 3 rings (SSSR count). The van der Waals surface area contributed by atoms with Crippen molar-refractivity contribution >= 4 is 16.3 Å². The minimum absolute atomic E-state index is 0.0925. The molecular weight excluding hydrogens is 299 g/mol. The lowest BCUT2D eigenvalue weighted by Crippen LogP contribution is -2.11. The second-order valence-electron chi connectivity index (χ2n) is 6.24. The van der Waals surface area contributed by atoms with Crippen molar-refractivity contribution < 1.29 is 4.39 Å². The summed E-state index contributed by atoms with van der Waals surface area (Å²) in [4.78, 5) is 5.21. The number of aromatic nitrogens is 3. The Morgan fingerprint density at radius 2 is 2.05 bits per heavy atom. The van der Waals surface area contributed by atoms with Gasteiger partial charge >= 0.3 is 0 Å². The van der Waals surface area contributed by atoms with Gasteiger partial charge in [-0.05, 0) is 30.7 Å². The standard InChI is InChI=1S/C16H15FN4S/c1-9-7-10(5-6-11(9)17)13-12(8-18)21-15(19-13)22-14(20-21)16(2,3)4/h5-7H,1-4H3. The molecule has 2 heterocycles. The van der Waals surface area contributed by atoms with E-state index in [9.17, 15) is 9.65 Å². The van der Waals surface area contributed by atoms with E-state index in [1.165, 1.54) is 17.4 Å². The van der Waals surface area contributed by atoms with Crippen molar-refractivity contribution in [2.75, 3.05) is 0 Å².